The van der Waals surface area contributed by atoms with Crippen molar-refractivity contribution in [3.8, 4) is 0 Å². The van der Waals surface area contributed by atoms with Gasteiger partial charge in [0, 0.05) is 28.1 Å². The number of nitrogens with one attached hydrogen (secondary N) is 2. The van der Waals surface area contributed by atoms with E-state index in [1.54, 1.807) is 4.90 Å². The normalized spacial score (nSPS) is 15.3. The quantitative estimate of drug-likeness (QED) is 0.542. The Labute approximate surface area is 172 Å². The summed E-state index contributed by atoms with van der Waals surface area (Å²) in [5.41, 5.74) is 2.42. The number of H-pyrrole nitrogens is 1. The van der Waals surface area contributed by atoms with Crippen molar-refractivity contribution in [1.29, 1.82) is 0 Å². The zero-order valence-electron chi connectivity index (χ0n) is 14.4. The molecular weight excluding hydrogens is 476 g/mol. The molecule has 2 N–H and O–H groups in total. The number of hydrogen-bond acceptors (Lipinski definition) is 2. The Kier molecular flexibility index (Phi) is 5.10. The summed E-state index contributed by atoms with van der Waals surface area (Å²) < 4.78 is 3.60. The Morgan fingerprint density at radius 3 is 2.59 bits per heavy atom. The molecule has 4 rings (SSSR count). The van der Waals surface area contributed by atoms with E-state index in [1.165, 1.54) is 0 Å². The molecule has 1 fully saturated rings. The van der Waals surface area contributed by atoms with E-state index >= 15 is 0 Å². The lowest BCUT2D eigenvalue weighted by Gasteiger charge is -2.32. The molecule has 0 unspecified atom stereocenters. The van der Waals surface area contributed by atoms with Crippen molar-refractivity contribution in [2.24, 2.45) is 0 Å². The molecule has 140 valence electrons. The third kappa shape index (κ3) is 3.68. The topological polar surface area (TPSA) is 70.1 Å². The number of imidazole rings is 1. The van der Waals surface area contributed by atoms with Crippen LogP contribution in [0.3, 0.4) is 0 Å². The molecule has 0 spiro atoms. The summed E-state index contributed by atoms with van der Waals surface area (Å²) in [6, 6.07) is 13.3. The standard InChI is InChI=1S/C19H18Br2N4O2/c20-12-5-6-15(14(21)11-12)22-18(26)24-9-7-13(8-10-24)25-17-4-2-1-3-16(17)23-19(25)27/h1-6,11,13H,7-10H2,(H,22,26)(H,23,27). The van der Waals surface area contributed by atoms with Gasteiger partial charge in [-0.3, -0.25) is 4.57 Å². The van der Waals surface area contributed by atoms with Gasteiger partial charge in [-0.1, -0.05) is 28.1 Å². The number of likely N-dealkylation sites (tertiary alicyclic amines) is 1. The van der Waals surface area contributed by atoms with Crippen LogP contribution in [0.1, 0.15) is 18.9 Å². The van der Waals surface area contributed by atoms with Crippen LogP contribution in [0.5, 0.6) is 0 Å². The van der Waals surface area contributed by atoms with Crippen molar-refractivity contribution in [1.82, 2.24) is 14.5 Å². The van der Waals surface area contributed by atoms with Gasteiger partial charge >= 0.3 is 11.7 Å². The minimum atomic E-state index is -0.122. The van der Waals surface area contributed by atoms with Crippen LogP contribution >= 0.6 is 31.9 Å². The Balaban J connectivity index is 1.45. The highest BCUT2D eigenvalue weighted by molar-refractivity contribution is 9.11. The second kappa shape index (κ2) is 7.52. The fraction of sp³-hybridized carbons (Fsp3) is 0.263. The van der Waals surface area contributed by atoms with Gasteiger partial charge in [-0.25, -0.2) is 9.59 Å². The summed E-state index contributed by atoms with van der Waals surface area (Å²) in [4.78, 5) is 29.7. The molecule has 6 nitrogen and oxygen atoms in total. The number of benzene rings is 2. The SMILES string of the molecule is O=C(Nc1ccc(Br)cc1Br)N1CCC(n2c(=O)[nH]c3ccccc32)CC1. The molecule has 2 heterocycles. The summed E-state index contributed by atoms with van der Waals surface area (Å²) in [5.74, 6) is 0. The average molecular weight is 494 g/mol. The Bertz CT molecular complexity index is 1050. The molecule has 2 amide bonds. The minimum absolute atomic E-state index is 0.0853. The third-order valence-corrected chi connectivity index (χ3v) is 6.06. The van der Waals surface area contributed by atoms with E-state index in [9.17, 15) is 9.59 Å². The van der Waals surface area contributed by atoms with Crippen LogP contribution in [-0.4, -0.2) is 33.6 Å². The number of nitrogens with zero attached hydrogens (tertiary/aromatic N) is 2. The lowest BCUT2D eigenvalue weighted by Crippen LogP contribution is -2.42. The molecule has 0 atom stereocenters. The van der Waals surface area contributed by atoms with E-state index in [0.29, 0.717) is 13.1 Å². The number of halogens is 2. The van der Waals surface area contributed by atoms with Crippen LogP contribution in [0, 0.1) is 0 Å². The lowest BCUT2D eigenvalue weighted by atomic mass is 10.0. The van der Waals surface area contributed by atoms with Crippen molar-refractivity contribution in [2.75, 3.05) is 18.4 Å². The molecule has 3 aromatic rings. The maximum Gasteiger partial charge on any atom is 0.326 e. The largest absolute Gasteiger partial charge is 0.326 e. The number of fused-ring (bicyclic) bond motifs is 1. The second-order valence-corrected chi connectivity index (χ2v) is 8.36. The van der Waals surface area contributed by atoms with E-state index in [-0.39, 0.29) is 17.8 Å². The van der Waals surface area contributed by atoms with E-state index in [0.717, 1.165) is 38.5 Å². The first-order valence-corrected chi connectivity index (χ1v) is 10.3. The van der Waals surface area contributed by atoms with Gasteiger partial charge in [-0.2, -0.15) is 0 Å². The molecule has 0 aliphatic carbocycles. The number of urea groups is 1. The highest BCUT2D eigenvalue weighted by Gasteiger charge is 2.26. The van der Waals surface area contributed by atoms with Crippen LogP contribution in [0.25, 0.3) is 11.0 Å². The highest BCUT2D eigenvalue weighted by atomic mass is 79.9. The van der Waals surface area contributed by atoms with Gasteiger partial charge < -0.3 is 15.2 Å². The molecule has 0 radical (unpaired) electrons. The predicted molar refractivity (Wildman–Crippen MR) is 113 cm³/mol. The lowest BCUT2D eigenvalue weighted by molar-refractivity contribution is 0.184. The van der Waals surface area contributed by atoms with Gasteiger partial charge in [0.15, 0.2) is 0 Å². The summed E-state index contributed by atoms with van der Waals surface area (Å²) in [6.07, 6.45) is 1.49. The number of carbonyl (C=O) groups is 1. The summed E-state index contributed by atoms with van der Waals surface area (Å²) in [5, 5.41) is 2.94. The Morgan fingerprint density at radius 2 is 1.85 bits per heavy atom. The van der Waals surface area contributed by atoms with Gasteiger partial charge in [-0.15, -0.1) is 0 Å². The zero-order valence-corrected chi connectivity index (χ0v) is 17.6. The van der Waals surface area contributed by atoms with Crippen LogP contribution in [0.2, 0.25) is 0 Å². The van der Waals surface area contributed by atoms with E-state index < -0.39 is 0 Å². The van der Waals surface area contributed by atoms with Crippen molar-refractivity contribution in [3.05, 3.63) is 61.9 Å². The Morgan fingerprint density at radius 1 is 1.11 bits per heavy atom. The number of hydrogen-bond donors (Lipinski definition) is 2. The summed E-state index contributed by atoms with van der Waals surface area (Å²) >= 11 is 6.87. The number of amides is 2. The number of aromatic amines is 1. The molecule has 8 heteroatoms. The smallest absolute Gasteiger partial charge is 0.324 e. The molecule has 0 saturated carbocycles. The number of para-hydroxylation sites is 2. The maximum absolute atomic E-state index is 12.6. The fourth-order valence-corrected chi connectivity index (χ4v) is 4.70. The third-order valence-electron chi connectivity index (χ3n) is 4.91. The Hall–Kier alpha value is -2.06. The number of anilines is 1. The van der Waals surface area contributed by atoms with Gasteiger partial charge in [0.25, 0.3) is 0 Å². The van der Waals surface area contributed by atoms with Gasteiger partial charge in [0.05, 0.1) is 16.7 Å². The first-order chi connectivity index (χ1) is 13.0. The molecule has 1 aliphatic heterocycles. The van der Waals surface area contributed by atoms with Crippen LogP contribution < -0.4 is 11.0 Å². The van der Waals surface area contributed by atoms with Crippen LogP contribution in [-0.2, 0) is 0 Å². The predicted octanol–water partition coefficient (Wildman–Crippen LogP) is 4.72. The van der Waals surface area contributed by atoms with E-state index in [2.05, 4.69) is 42.2 Å². The van der Waals surface area contributed by atoms with Crippen molar-refractivity contribution in [2.45, 2.75) is 18.9 Å². The van der Waals surface area contributed by atoms with Crippen LogP contribution in [0.15, 0.2) is 56.2 Å². The molecule has 1 saturated heterocycles. The van der Waals surface area contributed by atoms with Gasteiger partial charge in [0.1, 0.15) is 0 Å². The monoisotopic (exact) mass is 492 g/mol. The van der Waals surface area contributed by atoms with Crippen molar-refractivity contribution < 1.29 is 4.79 Å². The van der Waals surface area contributed by atoms with E-state index in [1.807, 2.05) is 47.0 Å². The first kappa shape index (κ1) is 18.3. The van der Waals surface area contributed by atoms with E-state index in [4.69, 9.17) is 0 Å². The molecule has 1 aromatic heterocycles. The number of piperidine rings is 1. The molecule has 1 aliphatic rings. The highest BCUT2D eigenvalue weighted by Crippen LogP contribution is 2.28. The van der Waals surface area contributed by atoms with Gasteiger partial charge in [-0.05, 0) is 59.1 Å². The number of carbonyl (C=O) groups excluding carboxylic acids is 1. The summed E-state index contributed by atoms with van der Waals surface area (Å²) in [7, 11) is 0. The summed E-state index contributed by atoms with van der Waals surface area (Å²) in [6.45, 7) is 1.22. The first-order valence-electron chi connectivity index (χ1n) is 8.73. The molecule has 27 heavy (non-hydrogen) atoms. The minimum Gasteiger partial charge on any atom is -0.324 e. The second-order valence-electron chi connectivity index (χ2n) is 6.59. The number of rotatable bonds is 2. The zero-order chi connectivity index (χ0) is 19.0. The molecular formula is C19H18Br2N4O2. The van der Waals surface area contributed by atoms with Crippen molar-refractivity contribution >= 4 is 54.6 Å². The molecule has 0 bridgehead atoms. The average Bonchev–Trinajstić information content (AvgIpc) is 3.00. The van der Waals surface area contributed by atoms with Crippen LogP contribution in [0.4, 0.5) is 10.5 Å². The van der Waals surface area contributed by atoms with Gasteiger partial charge in [0.2, 0.25) is 0 Å². The fourth-order valence-electron chi connectivity index (χ4n) is 3.55. The number of aromatic nitrogens is 2. The molecule has 2 aromatic carbocycles. The van der Waals surface area contributed by atoms with Crippen molar-refractivity contribution in [3.63, 3.8) is 0 Å². The maximum atomic E-state index is 12.6.